The fourth-order valence-electron chi connectivity index (χ4n) is 1.26. The van der Waals surface area contributed by atoms with Crippen molar-refractivity contribution >= 4 is 11.8 Å². The van der Waals surface area contributed by atoms with Crippen molar-refractivity contribution in [3.8, 4) is 0 Å². The average molecular weight is 204 g/mol. The van der Waals surface area contributed by atoms with Gasteiger partial charge in [-0.05, 0) is 19.3 Å². The van der Waals surface area contributed by atoms with Crippen molar-refractivity contribution in [1.82, 2.24) is 0 Å². The van der Waals surface area contributed by atoms with E-state index in [-0.39, 0.29) is 18.7 Å². The number of Topliss-reactive ketones (excluding diaryl/α,β-unsaturated/α-hetero) is 1. The van der Waals surface area contributed by atoms with Gasteiger partial charge in [0.1, 0.15) is 6.54 Å². The Bertz CT molecular complexity index is 194. The lowest BCUT2D eigenvalue weighted by Gasteiger charge is -2.09. The summed E-state index contributed by atoms with van der Waals surface area (Å²) in [5, 5.41) is 8.83. The first-order chi connectivity index (χ1) is 6.61. The summed E-state index contributed by atoms with van der Waals surface area (Å²) in [5.41, 5.74) is 7.12. The van der Waals surface area contributed by atoms with Gasteiger partial charge in [0.25, 0.3) is 0 Å². The number of rotatable bonds is 8. The highest BCUT2D eigenvalue weighted by molar-refractivity contribution is 5.84. The van der Waals surface area contributed by atoms with Gasteiger partial charge in [0, 0.05) is 6.42 Å². The third-order valence-corrected chi connectivity index (χ3v) is 2.15. The summed E-state index contributed by atoms with van der Waals surface area (Å²) in [6.07, 6.45) is 2.43. The maximum absolute atomic E-state index is 11.0. The highest BCUT2D eigenvalue weighted by Crippen LogP contribution is 2.12. The lowest BCUT2D eigenvalue weighted by atomic mass is 9.96. The second kappa shape index (κ2) is 7.46. The first-order valence-electron chi connectivity index (χ1n) is 4.94. The highest BCUT2D eigenvalue weighted by Gasteiger charge is 2.20. The van der Waals surface area contributed by atoms with E-state index < -0.39 is 11.9 Å². The number of carboxylic acids is 1. The summed E-state index contributed by atoms with van der Waals surface area (Å²) >= 11 is 0. The summed E-state index contributed by atoms with van der Waals surface area (Å²) < 4.78 is 0. The molecule has 0 heterocycles. The van der Waals surface area contributed by atoms with E-state index in [1.165, 1.54) is 0 Å². The molecular formula is C9H20N2O3+2. The standard InChI is InChI=1S/C9H18N2O3/c10-4-2-1-3-7(9(13)14)5-8(12)6-11/h7H,1-6,10-11H2,(H,13,14)/p+2. The van der Waals surface area contributed by atoms with E-state index in [4.69, 9.17) is 5.11 Å². The number of carboxylic acid groups (broad SMARTS) is 1. The van der Waals surface area contributed by atoms with Crippen molar-refractivity contribution in [2.24, 2.45) is 5.92 Å². The molecule has 0 aromatic rings. The number of carbonyl (C=O) groups excluding carboxylic acids is 1. The van der Waals surface area contributed by atoms with Crippen LogP contribution in [0.3, 0.4) is 0 Å². The zero-order chi connectivity index (χ0) is 11.0. The largest absolute Gasteiger partial charge is 0.481 e. The monoisotopic (exact) mass is 204 g/mol. The zero-order valence-electron chi connectivity index (χ0n) is 8.50. The van der Waals surface area contributed by atoms with Crippen LogP contribution >= 0.6 is 0 Å². The third kappa shape index (κ3) is 5.66. The number of quaternary nitrogens is 2. The van der Waals surface area contributed by atoms with Gasteiger partial charge >= 0.3 is 5.97 Å². The normalized spacial score (nSPS) is 12.4. The molecule has 0 rings (SSSR count). The van der Waals surface area contributed by atoms with Crippen LogP contribution in [0.25, 0.3) is 0 Å². The van der Waals surface area contributed by atoms with Crippen LogP contribution in [0.2, 0.25) is 0 Å². The Morgan fingerprint density at radius 2 is 1.86 bits per heavy atom. The summed E-state index contributed by atoms with van der Waals surface area (Å²) in [4.78, 5) is 21.8. The predicted molar refractivity (Wildman–Crippen MR) is 50.1 cm³/mol. The molecule has 0 aliphatic carbocycles. The summed E-state index contributed by atoms with van der Waals surface area (Å²) in [6, 6.07) is 0. The maximum atomic E-state index is 11.0. The van der Waals surface area contributed by atoms with Gasteiger partial charge in [0.2, 0.25) is 0 Å². The molecule has 82 valence electrons. The van der Waals surface area contributed by atoms with Gasteiger partial charge in [-0.1, -0.05) is 0 Å². The first-order valence-corrected chi connectivity index (χ1v) is 4.94. The molecule has 1 atom stereocenters. The average Bonchev–Trinajstić information content (AvgIpc) is 2.16. The minimum atomic E-state index is -0.879. The predicted octanol–water partition coefficient (Wildman–Crippen LogP) is -1.70. The van der Waals surface area contributed by atoms with Crippen LogP contribution in [0, 0.1) is 5.92 Å². The van der Waals surface area contributed by atoms with Gasteiger partial charge in [-0.25, -0.2) is 0 Å². The Morgan fingerprint density at radius 3 is 2.29 bits per heavy atom. The molecule has 0 spiro atoms. The third-order valence-electron chi connectivity index (χ3n) is 2.15. The Hall–Kier alpha value is -0.940. The SMILES string of the molecule is [NH3+]CCCCC(CC(=O)C[NH3+])C(=O)O. The van der Waals surface area contributed by atoms with Gasteiger partial charge in [-0.15, -0.1) is 0 Å². The van der Waals surface area contributed by atoms with Crippen molar-refractivity contribution in [3.05, 3.63) is 0 Å². The van der Waals surface area contributed by atoms with Crippen LogP contribution in [0.1, 0.15) is 25.7 Å². The minimum absolute atomic E-state index is 0.0768. The molecule has 5 nitrogen and oxygen atoms in total. The van der Waals surface area contributed by atoms with E-state index in [2.05, 4.69) is 11.5 Å². The van der Waals surface area contributed by atoms with Gasteiger partial charge in [0.15, 0.2) is 5.78 Å². The fourth-order valence-corrected chi connectivity index (χ4v) is 1.26. The molecule has 0 bridgehead atoms. The van der Waals surface area contributed by atoms with Gasteiger partial charge in [-0.2, -0.15) is 0 Å². The van der Waals surface area contributed by atoms with Crippen LogP contribution in [0.15, 0.2) is 0 Å². The highest BCUT2D eigenvalue weighted by atomic mass is 16.4. The molecule has 7 N–H and O–H groups in total. The topological polar surface area (TPSA) is 110 Å². The smallest absolute Gasteiger partial charge is 0.306 e. The van der Waals surface area contributed by atoms with Crippen molar-refractivity contribution in [1.29, 1.82) is 0 Å². The number of ketones is 1. The lowest BCUT2D eigenvalue weighted by Crippen LogP contribution is -2.54. The summed E-state index contributed by atoms with van der Waals surface area (Å²) in [7, 11) is 0. The van der Waals surface area contributed by atoms with Gasteiger partial charge < -0.3 is 16.6 Å². The second-order valence-corrected chi connectivity index (χ2v) is 3.38. The van der Waals surface area contributed by atoms with E-state index >= 15 is 0 Å². The van der Waals surface area contributed by atoms with E-state index in [1.54, 1.807) is 0 Å². The molecule has 0 fully saturated rings. The zero-order valence-corrected chi connectivity index (χ0v) is 8.50. The molecule has 0 aromatic heterocycles. The molecule has 0 aliphatic rings. The Morgan fingerprint density at radius 1 is 1.21 bits per heavy atom. The Labute approximate surface area is 83.5 Å². The van der Waals surface area contributed by atoms with Gasteiger partial charge in [-0.3, -0.25) is 9.59 Å². The quantitative estimate of drug-likeness (QED) is 0.410. The van der Waals surface area contributed by atoms with Crippen LogP contribution in [-0.4, -0.2) is 29.9 Å². The van der Waals surface area contributed by atoms with Crippen LogP contribution in [-0.2, 0) is 9.59 Å². The summed E-state index contributed by atoms with van der Waals surface area (Å²) in [6.45, 7) is 0.995. The molecular weight excluding hydrogens is 184 g/mol. The maximum Gasteiger partial charge on any atom is 0.306 e. The lowest BCUT2D eigenvalue weighted by molar-refractivity contribution is -0.368. The van der Waals surface area contributed by atoms with Crippen molar-refractivity contribution in [2.45, 2.75) is 25.7 Å². The van der Waals surface area contributed by atoms with Crippen LogP contribution in [0.5, 0.6) is 0 Å². The number of aliphatic carboxylic acids is 1. The number of hydrogen-bond acceptors (Lipinski definition) is 2. The Balaban J connectivity index is 3.90. The fraction of sp³-hybridized carbons (Fsp3) is 0.778. The van der Waals surface area contributed by atoms with Gasteiger partial charge in [0.05, 0.1) is 12.5 Å². The molecule has 0 radical (unpaired) electrons. The molecule has 1 unspecified atom stereocenters. The number of carbonyl (C=O) groups is 2. The molecule has 0 aliphatic heterocycles. The van der Waals surface area contributed by atoms with Crippen LogP contribution in [0.4, 0.5) is 0 Å². The number of hydrogen-bond donors (Lipinski definition) is 3. The molecule has 0 saturated heterocycles. The minimum Gasteiger partial charge on any atom is -0.481 e. The number of unbranched alkanes of at least 4 members (excludes halogenated alkanes) is 1. The molecule has 0 aromatic carbocycles. The van der Waals surface area contributed by atoms with E-state index in [1.807, 2.05) is 0 Å². The van der Waals surface area contributed by atoms with Crippen molar-refractivity contribution < 1.29 is 26.2 Å². The van der Waals surface area contributed by atoms with Crippen molar-refractivity contribution in [2.75, 3.05) is 13.1 Å². The van der Waals surface area contributed by atoms with Crippen LogP contribution < -0.4 is 11.5 Å². The molecule has 0 saturated carbocycles. The van der Waals surface area contributed by atoms with Crippen molar-refractivity contribution in [3.63, 3.8) is 0 Å². The van der Waals surface area contributed by atoms with E-state index in [0.717, 1.165) is 19.4 Å². The second-order valence-electron chi connectivity index (χ2n) is 3.38. The Kier molecular flexibility index (Phi) is 6.96. The molecule has 0 amide bonds. The van der Waals surface area contributed by atoms with E-state index in [0.29, 0.717) is 6.42 Å². The van der Waals surface area contributed by atoms with E-state index in [9.17, 15) is 9.59 Å². The first kappa shape index (κ1) is 13.1. The molecule has 5 heteroatoms. The molecule has 14 heavy (non-hydrogen) atoms. The summed E-state index contributed by atoms with van der Waals surface area (Å²) in [5.74, 6) is -1.49.